The molecule has 1 amide bonds. The van der Waals surface area contributed by atoms with Crippen LogP contribution in [0.4, 0.5) is 5.69 Å². The predicted molar refractivity (Wildman–Crippen MR) is 144 cm³/mol. The Bertz CT molecular complexity index is 1220. The minimum atomic E-state index is -3.95. The number of benzene rings is 3. The SMILES string of the molecule is CCOc1ccc(N(CC(=O)NCCSCc2cccc(Cl)c2)S(=O)(=O)c2ccc(C)cc2)cc1. The first-order valence-corrected chi connectivity index (χ1v) is 14.2. The normalized spacial score (nSPS) is 11.2. The molecule has 3 aromatic carbocycles. The first-order valence-electron chi connectivity index (χ1n) is 11.2. The highest BCUT2D eigenvalue weighted by Gasteiger charge is 2.27. The van der Waals surface area contributed by atoms with E-state index in [1.54, 1.807) is 60.3 Å². The Morgan fingerprint density at radius 2 is 1.77 bits per heavy atom. The van der Waals surface area contributed by atoms with Gasteiger partial charge in [0.1, 0.15) is 12.3 Å². The van der Waals surface area contributed by atoms with Gasteiger partial charge in [0.2, 0.25) is 5.91 Å². The zero-order valence-corrected chi connectivity index (χ0v) is 22.1. The number of anilines is 1. The van der Waals surface area contributed by atoms with Crippen molar-refractivity contribution in [2.24, 2.45) is 0 Å². The Balaban J connectivity index is 1.66. The van der Waals surface area contributed by atoms with Crippen molar-refractivity contribution in [3.63, 3.8) is 0 Å². The Hall–Kier alpha value is -2.68. The Kier molecular flexibility index (Phi) is 9.89. The number of sulfonamides is 1. The zero-order valence-electron chi connectivity index (χ0n) is 19.7. The molecule has 0 heterocycles. The van der Waals surface area contributed by atoms with E-state index in [-0.39, 0.29) is 17.3 Å². The molecule has 0 aromatic heterocycles. The summed E-state index contributed by atoms with van der Waals surface area (Å²) in [5.41, 5.74) is 2.45. The predicted octanol–water partition coefficient (Wildman–Crippen LogP) is 5.29. The number of amides is 1. The molecule has 35 heavy (non-hydrogen) atoms. The molecule has 0 bridgehead atoms. The number of nitrogens with one attached hydrogen (secondary N) is 1. The number of aryl methyl sites for hydroxylation is 1. The average Bonchev–Trinajstić information content (AvgIpc) is 2.83. The van der Waals surface area contributed by atoms with E-state index in [0.29, 0.717) is 35.4 Å². The lowest BCUT2D eigenvalue weighted by atomic mass is 10.2. The van der Waals surface area contributed by atoms with Crippen molar-refractivity contribution in [1.82, 2.24) is 5.32 Å². The molecular formula is C26H29ClN2O4S2. The molecule has 0 spiro atoms. The second-order valence-corrected chi connectivity index (χ2v) is 11.2. The third-order valence-electron chi connectivity index (χ3n) is 5.06. The summed E-state index contributed by atoms with van der Waals surface area (Å²) in [4.78, 5) is 12.9. The molecule has 0 saturated carbocycles. The van der Waals surface area contributed by atoms with Gasteiger partial charge in [-0.3, -0.25) is 9.10 Å². The van der Waals surface area contributed by atoms with E-state index < -0.39 is 10.0 Å². The molecule has 0 unspecified atom stereocenters. The minimum Gasteiger partial charge on any atom is -0.494 e. The van der Waals surface area contributed by atoms with E-state index in [2.05, 4.69) is 5.32 Å². The molecule has 0 fully saturated rings. The molecule has 3 aromatic rings. The van der Waals surface area contributed by atoms with Crippen LogP contribution in [0, 0.1) is 6.92 Å². The number of thioether (sulfide) groups is 1. The summed E-state index contributed by atoms with van der Waals surface area (Å²) in [6, 6.07) is 20.9. The molecule has 0 atom stereocenters. The smallest absolute Gasteiger partial charge is 0.264 e. The quantitative estimate of drug-likeness (QED) is 0.321. The Morgan fingerprint density at radius 1 is 1.06 bits per heavy atom. The molecule has 9 heteroatoms. The summed E-state index contributed by atoms with van der Waals surface area (Å²) >= 11 is 7.67. The van der Waals surface area contributed by atoms with Gasteiger partial charge in [-0.2, -0.15) is 11.8 Å². The third-order valence-corrected chi connectivity index (χ3v) is 8.11. The Labute approximate surface area is 216 Å². The van der Waals surface area contributed by atoms with Crippen molar-refractivity contribution >= 4 is 45.0 Å². The van der Waals surface area contributed by atoms with Gasteiger partial charge in [-0.1, -0.05) is 41.4 Å². The summed E-state index contributed by atoms with van der Waals surface area (Å²) in [5, 5.41) is 3.52. The molecule has 0 aliphatic carbocycles. The molecule has 186 valence electrons. The summed E-state index contributed by atoms with van der Waals surface area (Å²) < 4.78 is 33.5. The lowest BCUT2D eigenvalue weighted by Gasteiger charge is -2.24. The minimum absolute atomic E-state index is 0.127. The van der Waals surface area contributed by atoms with E-state index in [0.717, 1.165) is 21.2 Å². The second-order valence-electron chi connectivity index (χ2n) is 7.78. The van der Waals surface area contributed by atoms with Crippen molar-refractivity contribution in [3.05, 3.63) is 88.9 Å². The molecular weight excluding hydrogens is 504 g/mol. The molecule has 0 aliphatic rings. The molecule has 0 aliphatic heterocycles. The van der Waals surface area contributed by atoms with Crippen LogP contribution in [0.25, 0.3) is 0 Å². The monoisotopic (exact) mass is 532 g/mol. The van der Waals surface area contributed by atoms with Crippen LogP contribution in [-0.2, 0) is 20.6 Å². The van der Waals surface area contributed by atoms with Gasteiger partial charge in [-0.25, -0.2) is 8.42 Å². The first-order chi connectivity index (χ1) is 16.8. The van der Waals surface area contributed by atoms with Crippen molar-refractivity contribution < 1.29 is 17.9 Å². The average molecular weight is 533 g/mol. The standard InChI is InChI=1S/C26H29ClN2O4S2/c1-3-33-24-11-9-23(10-12-24)29(35(31,32)25-13-7-20(2)8-14-25)18-26(30)28-15-16-34-19-21-5-4-6-22(27)17-21/h4-14,17H,3,15-16,18-19H2,1-2H3,(H,28,30). The van der Waals surface area contributed by atoms with Gasteiger partial charge in [-0.15, -0.1) is 0 Å². The molecule has 0 saturated heterocycles. The molecule has 3 rings (SSSR count). The maximum absolute atomic E-state index is 13.5. The molecule has 0 radical (unpaired) electrons. The highest BCUT2D eigenvalue weighted by molar-refractivity contribution is 7.98. The van der Waals surface area contributed by atoms with Crippen LogP contribution >= 0.6 is 23.4 Å². The van der Waals surface area contributed by atoms with Gasteiger partial charge in [0.05, 0.1) is 17.2 Å². The zero-order chi connectivity index (χ0) is 25.3. The van der Waals surface area contributed by atoms with Crippen LogP contribution in [0.5, 0.6) is 5.75 Å². The summed E-state index contributed by atoms with van der Waals surface area (Å²) in [7, 11) is -3.95. The van der Waals surface area contributed by atoms with E-state index in [9.17, 15) is 13.2 Å². The Morgan fingerprint density at radius 3 is 2.43 bits per heavy atom. The van der Waals surface area contributed by atoms with Gasteiger partial charge < -0.3 is 10.1 Å². The van der Waals surface area contributed by atoms with Crippen LogP contribution in [0.2, 0.25) is 5.02 Å². The van der Waals surface area contributed by atoms with Crippen molar-refractivity contribution in [2.45, 2.75) is 24.5 Å². The highest BCUT2D eigenvalue weighted by atomic mass is 35.5. The number of halogens is 1. The number of ether oxygens (including phenoxy) is 1. The van der Waals surface area contributed by atoms with Gasteiger partial charge in [0, 0.05) is 23.1 Å². The summed E-state index contributed by atoms with van der Waals surface area (Å²) in [6.07, 6.45) is 0. The second kappa shape index (κ2) is 12.9. The van der Waals surface area contributed by atoms with Crippen molar-refractivity contribution in [2.75, 3.05) is 29.8 Å². The fourth-order valence-corrected chi connectivity index (χ4v) is 5.73. The highest BCUT2D eigenvalue weighted by Crippen LogP contribution is 2.26. The van der Waals surface area contributed by atoms with Gasteiger partial charge in [0.25, 0.3) is 10.0 Å². The number of hydrogen-bond donors (Lipinski definition) is 1. The van der Waals surface area contributed by atoms with Crippen LogP contribution in [0.1, 0.15) is 18.1 Å². The lowest BCUT2D eigenvalue weighted by Crippen LogP contribution is -2.41. The fourth-order valence-electron chi connectivity index (χ4n) is 3.29. The fraction of sp³-hybridized carbons (Fsp3) is 0.269. The lowest BCUT2D eigenvalue weighted by molar-refractivity contribution is -0.119. The molecule has 6 nitrogen and oxygen atoms in total. The van der Waals surface area contributed by atoms with Gasteiger partial charge >= 0.3 is 0 Å². The number of hydrogen-bond acceptors (Lipinski definition) is 5. The van der Waals surface area contributed by atoms with Crippen LogP contribution in [-0.4, -0.2) is 39.8 Å². The van der Waals surface area contributed by atoms with E-state index >= 15 is 0 Å². The molecule has 1 N–H and O–H groups in total. The van der Waals surface area contributed by atoms with Gasteiger partial charge in [-0.05, 0) is 67.9 Å². The van der Waals surface area contributed by atoms with Crippen LogP contribution in [0.15, 0.2) is 77.7 Å². The topological polar surface area (TPSA) is 75.7 Å². The largest absolute Gasteiger partial charge is 0.494 e. The maximum atomic E-state index is 13.5. The summed E-state index contributed by atoms with van der Waals surface area (Å²) in [5.74, 6) is 1.71. The van der Waals surface area contributed by atoms with E-state index in [1.165, 1.54) is 0 Å². The van der Waals surface area contributed by atoms with Crippen molar-refractivity contribution in [1.29, 1.82) is 0 Å². The van der Waals surface area contributed by atoms with Crippen molar-refractivity contribution in [3.8, 4) is 5.75 Å². The van der Waals surface area contributed by atoms with Crippen LogP contribution in [0.3, 0.4) is 0 Å². The maximum Gasteiger partial charge on any atom is 0.264 e. The van der Waals surface area contributed by atoms with E-state index in [4.69, 9.17) is 16.3 Å². The number of carbonyl (C=O) groups is 1. The first kappa shape index (κ1) is 26.9. The number of nitrogens with zero attached hydrogens (tertiary/aromatic N) is 1. The third kappa shape index (κ3) is 7.92. The number of rotatable bonds is 12. The summed E-state index contributed by atoms with van der Waals surface area (Å²) in [6.45, 7) is 4.36. The van der Waals surface area contributed by atoms with Gasteiger partial charge in [0.15, 0.2) is 0 Å². The number of carbonyl (C=O) groups excluding carboxylic acids is 1. The van der Waals surface area contributed by atoms with E-state index in [1.807, 2.05) is 38.1 Å². The van der Waals surface area contributed by atoms with Crippen LogP contribution < -0.4 is 14.4 Å².